The van der Waals surface area contributed by atoms with Crippen molar-refractivity contribution < 1.29 is 4.74 Å². The Labute approximate surface area is 60.6 Å². The van der Waals surface area contributed by atoms with Gasteiger partial charge in [0, 0.05) is 20.1 Å². The van der Waals surface area contributed by atoms with E-state index in [4.69, 9.17) is 15.9 Å². The van der Waals surface area contributed by atoms with Crippen molar-refractivity contribution in [1.29, 1.82) is 5.41 Å². The highest BCUT2D eigenvalue weighted by Gasteiger charge is 1.89. The van der Waals surface area contributed by atoms with Gasteiger partial charge in [-0.05, 0) is 6.42 Å². The van der Waals surface area contributed by atoms with Crippen LogP contribution in [-0.2, 0) is 4.74 Å². The van der Waals surface area contributed by atoms with Crippen LogP contribution in [0.4, 0.5) is 0 Å². The predicted octanol–water partition coefficient (Wildman–Crippen LogP) is 0.377. The van der Waals surface area contributed by atoms with Gasteiger partial charge in [-0.25, -0.2) is 4.99 Å². The van der Waals surface area contributed by atoms with E-state index in [1.807, 2.05) is 0 Å². The molecule has 0 spiro atoms. The average molecular weight is 143 g/mol. The van der Waals surface area contributed by atoms with E-state index in [0.29, 0.717) is 18.9 Å². The molecule has 0 bridgehead atoms. The van der Waals surface area contributed by atoms with Gasteiger partial charge in [0.2, 0.25) is 0 Å². The SMILES string of the molecule is COCCCC(N)=NC=N. The van der Waals surface area contributed by atoms with Crippen molar-refractivity contribution in [2.45, 2.75) is 12.8 Å². The maximum absolute atomic E-state index is 6.59. The Morgan fingerprint density at radius 1 is 1.80 bits per heavy atom. The smallest absolute Gasteiger partial charge is 0.109 e. The van der Waals surface area contributed by atoms with Crippen LogP contribution in [0.5, 0.6) is 0 Å². The van der Waals surface area contributed by atoms with E-state index in [-0.39, 0.29) is 0 Å². The molecule has 0 amide bonds. The molecule has 0 unspecified atom stereocenters. The van der Waals surface area contributed by atoms with Gasteiger partial charge in [-0.1, -0.05) is 0 Å². The van der Waals surface area contributed by atoms with E-state index in [1.54, 1.807) is 7.11 Å². The van der Waals surface area contributed by atoms with Gasteiger partial charge in [-0.3, -0.25) is 5.41 Å². The fourth-order valence-corrected chi connectivity index (χ4v) is 0.545. The van der Waals surface area contributed by atoms with E-state index in [0.717, 1.165) is 12.8 Å². The van der Waals surface area contributed by atoms with E-state index in [2.05, 4.69) is 4.99 Å². The van der Waals surface area contributed by atoms with Crippen molar-refractivity contribution in [2.24, 2.45) is 10.7 Å². The molecule has 0 radical (unpaired) electrons. The molecule has 0 saturated carbocycles. The molecule has 3 N–H and O–H groups in total. The van der Waals surface area contributed by atoms with Gasteiger partial charge in [0.1, 0.15) is 12.2 Å². The van der Waals surface area contributed by atoms with Gasteiger partial charge in [0.15, 0.2) is 0 Å². The zero-order chi connectivity index (χ0) is 7.82. The summed E-state index contributed by atoms with van der Waals surface area (Å²) in [5, 5.41) is 6.59. The largest absolute Gasteiger partial charge is 0.387 e. The predicted molar refractivity (Wildman–Crippen MR) is 41.5 cm³/mol. The average Bonchev–Trinajstić information content (AvgIpc) is 1.89. The molecular formula is C6H13N3O. The lowest BCUT2D eigenvalue weighted by molar-refractivity contribution is 0.196. The highest BCUT2D eigenvalue weighted by atomic mass is 16.5. The van der Waals surface area contributed by atoms with Crippen molar-refractivity contribution in [1.82, 2.24) is 0 Å². The summed E-state index contributed by atoms with van der Waals surface area (Å²) in [6.45, 7) is 0.689. The number of hydrogen-bond acceptors (Lipinski definition) is 2. The first kappa shape index (κ1) is 9.10. The second kappa shape index (κ2) is 6.22. The first-order chi connectivity index (χ1) is 4.81. The second-order valence-electron chi connectivity index (χ2n) is 1.85. The number of nitrogens with one attached hydrogen (secondary N) is 1. The highest BCUT2D eigenvalue weighted by Crippen LogP contribution is 1.87. The minimum Gasteiger partial charge on any atom is -0.387 e. The van der Waals surface area contributed by atoms with E-state index < -0.39 is 0 Å². The maximum atomic E-state index is 6.59. The molecule has 0 aromatic rings. The van der Waals surface area contributed by atoms with Crippen LogP contribution in [0.2, 0.25) is 0 Å². The standard InChI is InChI=1S/C6H13N3O/c1-10-4-2-3-6(8)9-5-7/h5H,2-4H2,1H3,(H3,7,8,9). The molecule has 0 rings (SSSR count). The van der Waals surface area contributed by atoms with Crippen molar-refractivity contribution in [2.75, 3.05) is 13.7 Å². The third-order valence-corrected chi connectivity index (χ3v) is 1.01. The summed E-state index contributed by atoms with van der Waals surface area (Å²) in [6.07, 6.45) is 2.50. The van der Waals surface area contributed by atoms with E-state index >= 15 is 0 Å². The number of ether oxygens (including phenoxy) is 1. The Morgan fingerprint density at radius 3 is 3.00 bits per heavy atom. The summed E-state index contributed by atoms with van der Waals surface area (Å²) in [5.74, 6) is 0.493. The Bertz CT molecular complexity index is 122. The van der Waals surface area contributed by atoms with Gasteiger partial charge in [0.25, 0.3) is 0 Å². The number of methoxy groups -OCH3 is 1. The third kappa shape index (κ3) is 5.24. The Hall–Kier alpha value is -0.900. The van der Waals surface area contributed by atoms with Gasteiger partial charge < -0.3 is 10.5 Å². The number of hydrogen-bond donors (Lipinski definition) is 2. The van der Waals surface area contributed by atoms with Crippen LogP contribution >= 0.6 is 0 Å². The molecule has 4 heteroatoms. The monoisotopic (exact) mass is 143 g/mol. The van der Waals surface area contributed by atoms with Crippen LogP contribution in [0.25, 0.3) is 0 Å². The van der Waals surface area contributed by atoms with Crippen LogP contribution in [0, 0.1) is 5.41 Å². The number of aliphatic imine (C=N–C) groups is 1. The second-order valence-corrected chi connectivity index (χ2v) is 1.85. The quantitative estimate of drug-likeness (QED) is 0.331. The molecule has 0 aromatic carbocycles. The van der Waals surface area contributed by atoms with Crippen molar-refractivity contribution in [3.05, 3.63) is 0 Å². The fraction of sp³-hybridized carbons (Fsp3) is 0.667. The van der Waals surface area contributed by atoms with E-state index in [9.17, 15) is 0 Å². The van der Waals surface area contributed by atoms with Crippen LogP contribution in [0.1, 0.15) is 12.8 Å². The molecule has 10 heavy (non-hydrogen) atoms. The lowest BCUT2D eigenvalue weighted by Crippen LogP contribution is -2.12. The molecule has 4 nitrogen and oxygen atoms in total. The first-order valence-electron chi connectivity index (χ1n) is 3.11. The Morgan fingerprint density at radius 2 is 2.50 bits per heavy atom. The third-order valence-electron chi connectivity index (χ3n) is 1.01. The number of rotatable bonds is 5. The summed E-state index contributed by atoms with van der Waals surface area (Å²) < 4.78 is 4.80. The molecule has 0 heterocycles. The number of nitrogens with zero attached hydrogens (tertiary/aromatic N) is 1. The molecule has 0 aliphatic rings. The summed E-state index contributed by atoms with van der Waals surface area (Å²) in [4.78, 5) is 3.58. The van der Waals surface area contributed by atoms with Crippen LogP contribution < -0.4 is 5.73 Å². The molecule has 0 fully saturated rings. The first-order valence-corrected chi connectivity index (χ1v) is 3.11. The maximum Gasteiger partial charge on any atom is 0.109 e. The van der Waals surface area contributed by atoms with Gasteiger partial charge in [0.05, 0.1) is 0 Å². The van der Waals surface area contributed by atoms with Crippen LogP contribution in [-0.4, -0.2) is 25.9 Å². The van der Waals surface area contributed by atoms with Crippen LogP contribution in [0.15, 0.2) is 4.99 Å². The normalized spacial score (nSPS) is 11.5. The summed E-state index contributed by atoms with van der Waals surface area (Å²) in [6, 6.07) is 0. The zero-order valence-corrected chi connectivity index (χ0v) is 6.13. The zero-order valence-electron chi connectivity index (χ0n) is 6.13. The van der Waals surface area contributed by atoms with Gasteiger partial charge in [-0.2, -0.15) is 0 Å². The molecule has 0 aliphatic heterocycles. The topological polar surface area (TPSA) is 71.5 Å². The molecule has 0 saturated heterocycles. The van der Waals surface area contributed by atoms with Gasteiger partial charge in [-0.15, -0.1) is 0 Å². The number of amidine groups is 1. The summed E-state index contributed by atoms with van der Waals surface area (Å²) in [5.41, 5.74) is 5.37. The lowest BCUT2D eigenvalue weighted by Gasteiger charge is -1.96. The fourth-order valence-electron chi connectivity index (χ4n) is 0.545. The van der Waals surface area contributed by atoms with Crippen molar-refractivity contribution in [3.8, 4) is 0 Å². The molecule has 0 atom stereocenters. The Kier molecular flexibility index (Phi) is 5.66. The van der Waals surface area contributed by atoms with E-state index in [1.165, 1.54) is 0 Å². The molecular weight excluding hydrogens is 130 g/mol. The molecule has 0 aromatic heterocycles. The number of nitrogens with two attached hydrogens (primary N) is 1. The van der Waals surface area contributed by atoms with Gasteiger partial charge >= 0.3 is 0 Å². The molecule has 58 valence electrons. The lowest BCUT2D eigenvalue weighted by atomic mass is 10.3. The van der Waals surface area contributed by atoms with Crippen molar-refractivity contribution >= 4 is 12.2 Å². The summed E-state index contributed by atoms with van der Waals surface area (Å²) >= 11 is 0. The van der Waals surface area contributed by atoms with Crippen LogP contribution in [0.3, 0.4) is 0 Å². The molecule has 0 aliphatic carbocycles. The Balaban J connectivity index is 3.29. The highest BCUT2D eigenvalue weighted by molar-refractivity contribution is 5.86. The minimum absolute atomic E-state index is 0.493. The minimum atomic E-state index is 0.493. The summed E-state index contributed by atoms with van der Waals surface area (Å²) in [7, 11) is 1.64. The van der Waals surface area contributed by atoms with Crippen molar-refractivity contribution in [3.63, 3.8) is 0 Å².